The molecular formula is C18H27N2O5. The number of hydrogen-bond acceptors (Lipinski definition) is 5. The fourth-order valence-electron chi connectivity index (χ4n) is 2.17. The standard InChI is InChI=1S/C18H27N2O5/c1-2-3-7-12-17(19(22)23)14-9-6-10-15-18(20(24)25)13-8-4-5-11-16-21/h6,10,13-14H,2-5,7-9,11-12,15H2,1H3/b10-6+,17-14-,18-13-. The fraction of sp³-hybridized carbons (Fsp3) is 0.611. The summed E-state index contributed by atoms with van der Waals surface area (Å²) in [6.07, 6.45) is 14.4. The minimum Gasteiger partial charge on any atom is -0.291 e. The molecule has 0 spiro atoms. The van der Waals surface area contributed by atoms with E-state index < -0.39 is 4.92 Å². The van der Waals surface area contributed by atoms with Crippen molar-refractivity contribution in [2.75, 3.05) is 0 Å². The highest BCUT2D eigenvalue weighted by Crippen LogP contribution is 2.12. The Morgan fingerprint density at radius 2 is 1.68 bits per heavy atom. The Morgan fingerprint density at radius 3 is 2.28 bits per heavy atom. The Kier molecular flexibility index (Phi) is 13.8. The molecule has 7 nitrogen and oxygen atoms in total. The van der Waals surface area contributed by atoms with Crippen LogP contribution in [0.25, 0.3) is 0 Å². The molecule has 0 amide bonds. The summed E-state index contributed by atoms with van der Waals surface area (Å²) in [5.74, 6) is 0. The predicted molar refractivity (Wildman–Crippen MR) is 96.8 cm³/mol. The van der Waals surface area contributed by atoms with Crippen LogP contribution in [0.4, 0.5) is 0 Å². The number of nitro groups is 2. The van der Waals surface area contributed by atoms with Gasteiger partial charge in [-0.2, -0.15) is 0 Å². The molecule has 0 heterocycles. The average molecular weight is 351 g/mol. The molecule has 139 valence electrons. The van der Waals surface area contributed by atoms with Crippen molar-refractivity contribution in [1.29, 1.82) is 0 Å². The first kappa shape index (κ1) is 22.7. The number of carbonyl (C=O) groups excluding carboxylic acids is 1. The van der Waals surface area contributed by atoms with E-state index in [1.807, 2.05) is 6.92 Å². The highest BCUT2D eigenvalue weighted by atomic mass is 16.6. The molecule has 0 aromatic heterocycles. The van der Waals surface area contributed by atoms with Gasteiger partial charge in [0.05, 0.1) is 16.3 Å². The molecule has 0 aliphatic rings. The van der Waals surface area contributed by atoms with Gasteiger partial charge in [-0.3, -0.25) is 25.0 Å². The molecule has 0 rings (SSSR count). The van der Waals surface area contributed by atoms with E-state index in [4.69, 9.17) is 0 Å². The van der Waals surface area contributed by atoms with Gasteiger partial charge in [-0.05, 0) is 44.3 Å². The molecule has 1 radical (unpaired) electrons. The molecule has 0 N–H and O–H groups in total. The number of allylic oxidation sites excluding steroid dienone is 5. The van der Waals surface area contributed by atoms with E-state index in [2.05, 4.69) is 0 Å². The van der Waals surface area contributed by atoms with Crippen molar-refractivity contribution in [2.24, 2.45) is 0 Å². The van der Waals surface area contributed by atoms with Crippen LogP contribution in [-0.4, -0.2) is 16.1 Å². The maximum Gasteiger partial charge on any atom is 0.246 e. The molecule has 0 aliphatic carbocycles. The van der Waals surface area contributed by atoms with Gasteiger partial charge in [-0.15, -0.1) is 0 Å². The van der Waals surface area contributed by atoms with Gasteiger partial charge in [0.1, 0.15) is 0 Å². The molecule has 0 saturated heterocycles. The number of nitrogens with zero attached hydrogens (tertiary/aromatic N) is 2. The molecule has 0 aliphatic heterocycles. The Labute approximate surface area is 148 Å². The molecule has 0 unspecified atom stereocenters. The Bertz CT molecular complexity index is 510. The maximum absolute atomic E-state index is 11.0. The van der Waals surface area contributed by atoms with E-state index in [1.165, 1.54) is 0 Å². The normalized spacial score (nSPS) is 12.5. The van der Waals surface area contributed by atoms with Crippen molar-refractivity contribution < 1.29 is 14.6 Å². The van der Waals surface area contributed by atoms with E-state index in [0.717, 1.165) is 19.3 Å². The lowest BCUT2D eigenvalue weighted by molar-refractivity contribution is -0.428. The average Bonchev–Trinajstić information content (AvgIpc) is 2.57. The zero-order valence-corrected chi connectivity index (χ0v) is 14.8. The summed E-state index contributed by atoms with van der Waals surface area (Å²) in [4.78, 5) is 31.2. The molecule has 0 aromatic rings. The molecule has 7 heteroatoms. The third-order valence-corrected chi connectivity index (χ3v) is 3.60. The van der Waals surface area contributed by atoms with Crippen LogP contribution in [0.1, 0.15) is 71.1 Å². The lowest BCUT2D eigenvalue weighted by Crippen LogP contribution is -1.99. The summed E-state index contributed by atoms with van der Waals surface area (Å²) in [7, 11) is 0. The number of hydrogen-bond donors (Lipinski definition) is 0. The third kappa shape index (κ3) is 12.7. The van der Waals surface area contributed by atoms with Crippen molar-refractivity contribution in [2.45, 2.75) is 71.1 Å². The van der Waals surface area contributed by atoms with Gasteiger partial charge < -0.3 is 0 Å². The summed E-state index contributed by atoms with van der Waals surface area (Å²) in [6.45, 7) is 2.04. The largest absolute Gasteiger partial charge is 0.291 e. The van der Waals surface area contributed by atoms with E-state index in [-0.39, 0.29) is 22.7 Å². The van der Waals surface area contributed by atoms with Crippen LogP contribution in [0.3, 0.4) is 0 Å². The second-order valence-corrected chi connectivity index (χ2v) is 5.66. The Balaban J connectivity index is 4.40. The first-order valence-electron chi connectivity index (χ1n) is 8.69. The zero-order valence-electron chi connectivity index (χ0n) is 14.8. The Morgan fingerprint density at radius 1 is 0.960 bits per heavy atom. The third-order valence-electron chi connectivity index (χ3n) is 3.60. The van der Waals surface area contributed by atoms with Crippen LogP contribution in [-0.2, 0) is 4.79 Å². The van der Waals surface area contributed by atoms with Crippen LogP contribution >= 0.6 is 0 Å². The van der Waals surface area contributed by atoms with Crippen LogP contribution in [0, 0.1) is 20.2 Å². The summed E-state index contributed by atoms with van der Waals surface area (Å²) in [5, 5.41) is 21.9. The zero-order chi connectivity index (χ0) is 18.9. The maximum atomic E-state index is 11.0. The van der Waals surface area contributed by atoms with Crippen molar-refractivity contribution in [3.8, 4) is 0 Å². The quantitative estimate of drug-likeness (QED) is 0.181. The van der Waals surface area contributed by atoms with Gasteiger partial charge in [0.15, 0.2) is 6.29 Å². The van der Waals surface area contributed by atoms with E-state index in [9.17, 15) is 25.0 Å². The van der Waals surface area contributed by atoms with E-state index in [1.54, 1.807) is 30.6 Å². The van der Waals surface area contributed by atoms with E-state index in [0.29, 0.717) is 38.5 Å². The van der Waals surface area contributed by atoms with Crippen LogP contribution < -0.4 is 0 Å². The summed E-state index contributed by atoms with van der Waals surface area (Å²) >= 11 is 0. The smallest absolute Gasteiger partial charge is 0.246 e. The van der Waals surface area contributed by atoms with Crippen molar-refractivity contribution in [3.63, 3.8) is 0 Å². The molecular weight excluding hydrogens is 324 g/mol. The van der Waals surface area contributed by atoms with Crippen LogP contribution in [0.2, 0.25) is 0 Å². The predicted octanol–water partition coefficient (Wildman–Crippen LogP) is 4.89. The summed E-state index contributed by atoms with van der Waals surface area (Å²) in [5.41, 5.74) is 0.308. The van der Waals surface area contributed by atoms with Gasteiger partial charge in [0, 0.05) is 12.8 Å². The highest BCUT2D eigenvalue weighted by Gasteiger charge is 2.09. The van der Waals surface area contributed by atoms with Crippen molar-refractivity contribution in [3.05, 3.63) is 55.9 Å². The highest BCUT2D eigenvalue weighted by molar-refractivity contribution is 5.50. The minimum atomic E-state index is -0.417. The molecule has 0 fully saturated rings. The second-order valence-electron chi connectivity index (χ2n) is 5.66. The van der Waals surface area contributed by atoms with Gasteiger partial charge in [0.2, 0.25) is 11.4 Å². The van der Waals surface area contributed by atoms with Crippen LogP contribution in [0.5, 0.6) is 0 Å². The first-order valence-corrected chi connectivity index (χ1v) is 8.69. The topological polar surface area (TPSA) is 103 Å². The fourth-order valence-corrected chi connectivity index (χ4v) is 2.17. The van der Waals surface area contributed by atoms with Crippen molar-refractivity contribution >= 4 is 6.29 Å². The summed E-state index contributed by atoms with van der Waals surface area (Å²) in [6, 6.07) is 0. The van der Waals surface area contributed by atoms with Crippen molar-refractivity contribution in [1.82, 2.24) is 0 Å². The molecule has 0 bridgehead atoms. The molecule has 25 heavy (non-hydrogen) atoms. The number of rotatable bonds is 15. The molecule has 0 aromatic carbocycles. The molecule has 0 saturated carbocycles. The first-order chi connectivity index (χ1) is 12.0. The number of unbranched alkanes of at least 4 members (excludes halogenated alkanes) is 5. The monoisotopic (exact) mass is 351 g/mol. The summed E-state index contributed by atoms with van der Waals surface area (Å²) < 4.78 is 0. The lowest BCUT2D eigenvalue weighted by Gasteiger charge is -1.97. The SMILES string of the molecule is CCCCC/C(=C/C/C=C/C/C(=C/CCCC[C]=O)[N+](=O)[O-])[N+](=O)[O-]. The minimum absolute atomic E-state index is 0.104. The van der Waals surface area contributed by atoms with Gasteiger partial charge in [-0.25, -0.2) is 0 Å². The Hall–Kier alpha value is -2.31. The van der Waals surface area contributed by atoms with Gasteiger partial charge in [-0.1, -0.05) is 31.9 Å². The van der Waals surface area contributed by atoms with Crippen LogP contribution in [0.15, 0.2) is 35.7 Å². The molecule has 0 atom stereocenters. The second kappa shape index (κ2) is 15.2. The lowest BCUT2D eigenvalue weighted by atomic mass is 10.1. The van der Waals surface area contributed by atoms with Gasteiger partial charge >= 0.3 is 0 Å². The van der Waals surface area contributed by atoms with E-state index >= 15 is 0 Å². The van der Waals surface area contributed by atoms with Gasteiger partial charge in [0.25, 0.3) is 0 Å².